The Morgan fingerprint density at radius 1 is 1.21 bits per heavy atom. The Morgan fingerprint density at radius 3 is 2.46 bits per heavy atom. The third kappa shape index (κ3) is 3.01. The zero-order chi connectivity index (χ0) is 17.4. The summed E-state index contributed by atoms with van der Waals surface area (Å²) in [4.78, 5) is 26.2. The van der Waals surface area contributed by atoms with Crippen molar-refractivity contribution >= 4 is 45.7 Å². The number of hydrogen-bond donors (Lipinski definition) is 1. The fraction of sp³-hybridized carbons (Fsp3) is 0.294. The lowest BCUT2D eigenvalue weighted by Gasteiger charge is -2.13. The molecule has 0 aliphatic heterocycles. The van der Waals surface area contributed by atoms with Gasteiger partial charge in [0.05, 0.1) is 21.6 Å². The molecule has 5 nitrogen and oxygen atoms in total. The van der Waals surface area contributed by atoms with Gasteiger partial charge in [0.2, 0.25) is 0 Å². The van der Waals surface area contributed by atoms with Crippen molar-refractivity contribution in [3.05, 3.63) is 45.0 Å². The van der Waals surface area contributed by atoms with Crippen molar-refractivity contribution in [2.45, 2.75) is 24.0 Å². The van der Waals surface area contributed by atoms with Gasteiger partial charge in [-0.2, -0.15) is 0 Å². The second kappa shape index (κ2) is 6.49. The van der Waals surface area contributed by atoms with Crippen LogP contribution in [0.25, 0.3) is 11.0 Å². The molecule has 7 heteroatoms. The zero-order valence-electron chi connectivity index (χ0n) is 14.0. The van der Waals surface area contributed by atoms with E-state index in [2.05, 4.69) is 19.2 Å². The van der Waals surface area contributed by atoms with E-state index in [0.717, 1.165) is 21.6 Å². The molecule has 126 valence electrons. The third-order valence-corrected chi connectivity index (χ3v) is 5.66. The van der Waals surface area contributed by atoms with Crippen molar-refractivity contribution in [3.63, 3.8) is 0 Å². The van der Waals surface area contributed by atoms with E-state index in [1.807, 2.05) is 23.6 Å². The van der Waals surface area contributed by atoms with E-state index in [9.17, 15) is 9.59 Å². The fourth-order valence-electron chi connectivity index (χ4n) is 2.57. The highest BCUT2D eigenvalue weighted by Gasteiger charge is 2.16. The standard InChI is InChI=1S/C17H19N3O2S2/c1-10(2)24-15-9-13-12(19(3)17(22)20(13)4)8-11(15)18-16(21)14-6-5-7-23-14/h5-10H,1-4H3,(H,18,21). The second-order valence-corrected chi connectivity index (χ2v) is 8.40. The first-order chi connectivity index (χ1) is 11.4. The van der Waals surface area contributed by atoms with Crippen molar-refractivity contribution < 1.29 is 4.79 Å². The number of nitrogens with zero attached hydrogens (tertiary/aromatic N) is 2. The number of thioether (sulfide) groups is 1. The number of rotatable bonds is 4. The Kier molecular flexibility index (Phi) is 4.56. The predicted octanol–water partition coefficient (Wildman–Crippen LogP) is 3.69. The Labute approximate surface area is 148 Å². The molecule has 0 unspecified atom stereocenters. The molecule has 2 aromatic heterocycles. The van der Waals surface area contributed by atoms with Gasteiger partial charge in [-0.15, -0.1) is 23.1 Å². The first-order valence-electron chi connectivity index (χ1n) is 7.59. The van der Waals surface area contributed by atoms with Gasteiger partial charge >= 0.3 is 5.69 Å². The average Bonchev–Trinajstić information content (AvgIpc) is 3.13. The number of hydrogen-bond acceptors (Lipinski definition) is 4. The summed E-state index contributed by atoms with van der Waals surface area (Å²) in [5.74, 6) is -0.129. The molecule has 0 spiro atoms. The van der Waals surface area contributed by atoms with Crippen LogP contribution in [-0.2, 0) is 14.1 Å². The van der Waals surface area contributed by atoms with Crippen molar-refractivity contribution in [3.8, 4) is 0 Å². The molecule has 0 radical (unpaired) electrons. The quantitative estimate of drug-likeness (QED) is 0.721. The van der Waals surface area contributed by atoms with Crippen molar-refractivity contribution in [1.82, 2.24) is 9.13 Å². The Morgan fingerprint density at radius 2 is 1.88 bits per heavy atom. The molecule has 0 saturated heterocycles. The molecular formula is C17H19N3O2S2. The van der Waals surface area contributed by atoms with Gasteiger partial charge in [-0.3, -0.25) is 13.9 Å². The minimum atomic E-state index is -0.129. The van der Waals surface area contributed by atoms with Gasteiger partial charge < -0.3 is 5.32 Å². The molecule has 0 fully saturated rings. The molecule has 0 bridgehead atoms. The Balaban J connectivity index is 2.11. The lowest BCUT2D eigenvalue weighted by molar-refractivity contribution is 0.103. The molecule has 1 amide bonds. The summed E-state index contributed by atoms with van der Waals surface area (Å²) < 4.78 is 3.23. The van der Waals surface area contributed by atoms with E-state index < -0.39 is 0 Å². The van der Waals surface area contributed by atoms with E-state index in [0.29, 0.717) is 10.1 Å². The monoisotopic (exact) mass is 361 g/mol. The van der Waals surface area contributed by atoms with Gasteiger partial charge in [0.15, 0.2) is 0 Å². The number of aromatic nitrogens is 2. The van der Waals surface area contributed by atoms with Crippen LogP contribution in [0.2, 0.25) is 0 Å². The first kappa shape index (κ1) is 16.9. The lowest BCUT2D eigenvalue weighted by atomic mass is 10.2. The van der Waals surface area contributed by atoms with Gasteiger partial charge in [-0.25, -0.2) is 4.79 Å². The normalized spacial score (nSPS) is 11.4. The molecule has 3 aromatic rings. The maximum Gasteiger partial charge on any atom is 0.328 e. The van der Waals surface area contributed by atoms with Crippen LogP contribution in [0.4, 0.5) is 5.69 Å². The number of thiophene rings is 1. The summed E-state index contributed by atoms with van der Waals surface area (Å²) in [6.07, 6.45) is 0. The predicted molar refractivity (Wildman–Crippen MR) is 101 cm³/mol. The first-order valence-corrected chi connectivity index (χ1v) is 9.35. The Hall–Kier alpha value is -1.99. The molecule has 1 aromatic carbocycles. The summed E-state index contributed by atoms with van der Waals surface area (Å²) in [6, 6.07) is 7.51. The summed E-state index contributed by atoms with van der Waals surface area (Å²) in [6.45, 7) is 4.20. The molecule has 0 atom stereocenters. The van der Waals surface area contributed by atoms with Crippen LogP contribution in [0.15, 0.2) is 39.3 Å². The van der Waals surface area contributed by atoms with E-state index in [1.165, 1.54) is 11.3 Å². The number of carbonyl (C=O) groups excluding carboxylic acids is 1. The Bertz CT molecular complexity index is 953. The number of fused-ring (bicyclic) bond motifs is 1. The van der Waals surface area contributed by atoms with Crippen LogP contribution < -0.4 is 11.0 Å². The van der Waals surface area contributed by atoms with Crippen LogP contribution in [0.3, 0.4) is 0 Å². The molecule has 2 heterocycles. The van der Waals surface area contributed by atoms with Crippen LogP contribution >= 0.6 is 23.1 Å². The molecule has 0 aliphatic rings. The molecule has 0 aliphatic carbocycles. The number of amides is 1. The van der Waals surface area contributed by atoms with Gasteiger partial charge in [0, 0.05) is 24.2 Å². The highest BCUT2D eigenvalue weighted by Crippen LogP contribution is 2.34. The molecule has 24 heavy (non-hydrogen) atoms. The smallest absolute Gasteiger partial charge is 0.320 e. The molecule has 1 N–H and O–H groups in total. The summed E-state index contributed by atoms with van der Waals surface area (Å²) in [5.41, 5.74) is 2.32. The zero-order valence-corrected chi connectivity index (χ0v) is 15.6. The van der Waals surface area contributed by atoms with Gasteiger partial charge in [-0.05, 0) is 23.6 Å². The highest BCUT2D eigenvalue weighted by molar-refractivity contribution is 8.00. The number of anilines is 1. The van der Waals surface area contributed by atoms with Gasteiger partial charge in [0.25, 0.3) is 5.91 Å². The van der Waals surface area contributed by atoms with E-state index in [1.54, 1.807) is 41.1 Å². The maximum atomic E-state index is 12.4. The molecule has 0 saturated carbocycles. The average molecular weight is 361 g/mol. The van der Waals surface area contributed by atoms with Crippen molar-refractivity contribution in [2.75, 3.05) is 5.32 Å². The summed E-state index contributed by atoms with van der Waals surface area (Å²) in [5, 5.41) is 5.23. The summed E-state index contributed by atoms with van der Waals surface area (Å²) >= 11 is 3.07. The summed E-state index contributed by atoms with van der Waals surface area (Å²) in [7, 11) is 3.50. The van der Waals surface area contributed by atoms with Crippen molar-refractivity contribution in [2.24, 2.45) is 14.1 Å². The lowest BCUT2D eigenvalue weighted by Crippen LogP contribution is -2.19. The van der Waals surface area contributed by atoms with Crippen LogP contribution in [-0.4, -0.2) is 20.3 Å². The van der Waals surface area contributed by atoms with Gasteiger partial charge in [-0.1, -0.05) is 19.9 Å². The SMILES string of the molecule is CC(C)Sc1cc2c(cc1NC(=O)c1cccs1)n(C)c(=O)n2C. The van der Waals surface area contributed by atoms with E-state index >= 15 is 0 Å². The number of nitrogens with one attached hydrogen (secondary N) is 1. The highest BCUT2D eigenvalue weighted by atomic mass is 32.2. The third-order valence-electron chi connectivity index (χ3n) is 3.73. The molecular weight excluding hydrogens is 342 g/mol. The maximum absolute atomic E-state index is 12.4. The van der Waals surface area contributed by atoms with Crippen molar-refractivity contribution in [1.29, 1.82) is 0 Å². The van der Waals surface area contributed by atoms with Gasteiger partial charge in [0.1, 0.15) is 0 Å². The van der Waals surface area contributed by atoms with Crippen LogP contribution in [0.5, 0.6) is 0 Å². The molecule has 3 rings (SSSR count). The van der Waals surface area contributed by atoms with E-state index in [4.69, 9.17) is 0 Å². The number of carbonyl (C=O) groups is 1. The van der Waals surface area contributed by atoms with E-state index in [-0.39, 0.29) is 11.6 Å². The number of imidazole rings is 1. The number of aryl methyl sites for hydroxylation is 2. The van der Waals surface area contributed by atoms with Crippen LogP contribution in [0, 0.1) is 0 Å². The largest absolute Gasteiger partial charge is 0.328 e. The minimum Gasteiger partial charge on any atom is -0.320 e. The second-order valence-electron chi connectivity index (χ2n) is 5.84. The number of benzene rings is 1. The topological polar surface area (TPSA) is 56.0 Å². The van der Waals surface area contributed by atoms with Crippen LogP contribution in [0.1, 0.15) is 23.5 Å². The fourth-order valence-corrected chi connectivity index (χ4v) is 4.11. The minimum absolute atomic E-state index is 0.0766.